The van der Waals surface area contributed by atoms with Gasteiger partial charge in [-0.25, -0.2) is 4.57 Å². The summed E-state index contributed by atoms with van der Waals surface area (Å²) in [5.41, 5.74) is 0. The van der Waals surface area contributed by atoms with Crippen molar-refractivity contribution in [3.8, 4) is 0 Å². The predicted molar refractivity (Wildman–Crippen MR) is 323 cm³/mol. The van der Waals surface area contributed by atoms with Gasteiger partial charge in [0.25, 0.3) is 0 Å². The molecule has 440 valence electrons. The molecule has 0 fully saturated rings. The molecule has 0 aromatic carbocycles. The molecule has 3 atom stereocenters. The van der Waals surface area contributed by atoms with Gasteiger partial charge in [0.2, 0.25) is 5.91 Å². The summed E-state index contributed by atoms with van der Waals surface area (Å²) in [4.78, 5) is 23.3. The zero-order valence-corrected chi connectivity index (χ0v) is 51.3. The third-order valence-electron chi connectivity index (χ3n) is 15.2. The zero-order chi connectivity index (χ0) is 54.2. The van der Waals surface area contributed by atoms with Gasteiger partial charge in [-0.2, -0.15) is 0 Å². The first-order chi connectivity index (χ1) is 36.0. The standard InChI is InChI=1S/C65H129N2O6P/c1-6-8-10-12-14-16-18-20-22-23-24-25-26-27-28-29-30-31-32-33-34-35-36-37-38-39-40-41-42-43-45-47-49-51-53-55-57-59-65(69)66-63(62-73-74(70,71)72-61-60-67(3,4)5)64(68)58-56-54-52-50-48-46-44-21-19-17-15-13-11-9-7-2/h23-24,56,58,63-64,68H,6-22,25-55,57,59-62H2,1-5H3,(H-,66,69,70,71)/p+1/b24-23-,58-56+. The molecule has 0 heterocycles. The Morgan fingerprint density at radius 2 is 0.730 bits per heavy atom. The summed E-state index contributed by atoms with van der Waals surface area (Å²) in [6.07, 6.45) is 73.2. The summed E-state index contributed by atoms with van der Waals surface area (Å²) in [6.45, 7) is 4.86. The molecule has 0 radical (unpaired) electrons. The van der Waals surface area contributed by atoms with E-state index in [0.29, 0.717) is 17.4 Å². The van der Waals surface area contributed by atoms with Crippen molar-refractivity contribution in [1.82, 2.24) is 5.32 Å². The minimum Gasteiger partial charge on any atom is -0.387 e. The van der Waals surface area contributed by atoms with Crippen LogP contribution in [-0.2, 0) is 18.4 Å². The number of amides is 1. The number of nitrogens with one attached hydrogen (secondary N) is 1. The topological polar surface area (TPSA) is 105 Å². The van der Waals surface area contributed by atoms with Crippen LogP contribution in [0.25, 0.3) is 0 Å². The Labute approximate surface area is 462 Å². The van der Waals surface area contributed by atoms with Crippen LogP contribution in [0.1, 0.15) is 335 Å². The fourth-order valence-electron chi connectivity index (χ4n) is 10.0. The number of carbonyl (C=O) groups excluding carboxylic acids is 1. The second kappa shape index (κ2) is 56.7. The fraction of sp³-hybridized carbons (Fsp3) is 0.923. The van der Waals surface area contributed by atoms with Crippen molar-refractivity contribution in [3.63, 3.8) is 0 Å². The Kier molecular flexibility index (Phi) is 55.9. The van der Waals surface area contributed by atoms with Gasteiger partial charge < -0.3 is 19.8 Å². The van der Waals surface area contributed by atoms with Crippen molar-refractivity contribution in [2.45, 2.75) is 347 Å². The van der Waals surface area contributed by atoms with Crippen LogP contribution in [0.3, 0.4) is 0 Å². The minimum atomic E-state index is -4.34. The number of phosphoric ester groups is 1. The molecule has 0 rings (SSSR count). The van der Waals surface area contributed by atoms with Gasteiger partial charge in [-0.05, 0) is 44.9 Å². The number of carbonyl (C=O) groups is 1. The molecular formula is C65H130N2O6P+. The van der Waals surface area contributed by atoms with Gasteiger partial charge >= 0.3 is 7.82 Å². The Morgan fingerprint density at radius 3 is 1.04 bits per heavy atom. The number of phosphoric acid groups is 1. The highest BCUT2D eigenvalue weighted by atomic mass is 31.2. The number of unbranched alkanes of at least 4 members (excludes halogenated alkanes) is 46. The lowest BCUT2D eigenvalue weighted by atomic mass is 10.0. The average Bonchev–Trinajstić information content (AvgIpc) is 3.36. The smallest absolute Gasteiger partial charge is 0.387 e. The van der Waals surface area contributed by atoms with Crippen molar-refractivity contribution in [1.29, 1.82) is 0 Å². The van der Waals surface area contributed by atoms with Crippen LogP contribution in [-0.4, -0.2) is 73.4 Å². The molecule has 1 amide bonds. The van der Waals surface area contributed by atoms with E-state index in [-0.39, 0.29) is 19.1 Å². The highest BCUT2D eigenvalue weighted by Crippen LogP contribution is 2.43. The van der Waals surface area contributed by atoms with Crippen LogP contribution in [0.15, 0.2) is 24.3 Å². The number of aliphatic hydroxyl groups excluding tert-OH is 1. The third kappa shape index (κ3) is 58.7. The third-order valence-corrected chi connectivity index (χ3v) is 16.1. The van der Waals surface area contributed by atoms with Crippen molar-refractivity contribution >= 4 is 13.7 Å². The lowest BCUT2D eigenvalue weighted by molar-refractivity contribution is -0.870. The molecule has 9 heteroatoms. The van der Waals surface area contributed by atoms with E-state index in [0.717, 1.165) is 38.5 Å². The van der Waals surface area contributed by atoms with Crippen molar-refractivity contribution in [2.75, 3.05) is 40.9 Å². The second-order valence-corrected chi connectivity index (χ2v) is 25.3. The molecule has 0 spiro atoms. The predicted octanol–water partition coefficient (Wildman–Crippen LogP) is 20.3. The molecule has 0 bridgehead atoms. The summed E-state index contributed by atoms with van der Waals surface area (Å²) in [7, 11) is 1.59. The number of nitrogens with zero attached hydrogens (tertiary/aromatic N) is 1. The van der Waals surface area contributed by atoms with E-state index >= 15 is 0 Å². The van der Waals surface area contributed by atoms with Crippen molar-refractivity contribution in [3.05, 3.63) is 24.3 Å². The Bertz CT molecular complexity index is 1260. The Morgan fingerprint density at radius 1 is 0.446 bits per heavy atom. The quantitative estimate of drug-likeness (QED) is 0.0243. The van der Waals surface area contributed by atoms with Gasteiger partial charge in [-0.1, -0.05) is 308 Å². The van der Waals surface area contributed by atoms with Crippen LogP contribution >= 0.6 is 7.82 Å². The lowest BCUT2D eigenvalue weighted by Crippen LogP contribution is -2.45. The number of quaternary nitrogens is 1. The molecule has 0 aliphatic carbocycles. The summed E-state index contributed by atoms with van der Waals surface area (Å²) >= 11 is 0. The highest BCUT2D eigenvalue weighted by molar-refractivity contribution is 7.47. The van der Waals surface area contributed by atoms with E-state index in [9.17, 15) is 19.4 Å². The van der Waals surface area contributed by atoms with Crippen LogP contribution < -0.4 is 5.32 Å². The van der Waals surface area contributed by atoms with Crippen LogP contribution in [0, 0.1) is 0 Å². The van der Waals surface area contributed by atoms with Crippen molar-refractivity contribution in [2.24, 2.45) is 0 Å². The van der Waals surface area contributed by atoms with Crippen LogP contribution in [0.2, 0.25) is 0 Å². The van der Waals surface area contributed by atoms with Gasteiger partial charge in [-0.15, -0.1) is 0 Å². The largest absolute Gasteiger partial charge is 0.472 e. The molecule has 0 aliphatic heterocycles. The Balaban J connectivity index is 3.90. The Hall–Kier alpha value is -1.02. The normalized spacial score (nSPS) is 13.9. The molecule has 0 aromatic rings. The second-order valence-electron chi connectivity index (χ2n) is 23.8. The number of hydrogen-bond acceptors (Lipinski definition) is 5. The molecule has 8 nitrogen and oxygen atoms in total. The first-order valence-electron chi connectivity index (χ1n) is 32.7. The zero-order valence-electron chi connectivity index (χ0n) is 50.4. The molecule has 0 aliphatic rings. The SMILES string of the molecule is CCCCCCCCCC/C=C\CCCCCCCCCCCCCCCCCCCCCCCCCCCC(=O)NC(COP(=O)(O)OCC[N+](C)(C)C)C(O)/C=C/CCCCCCCCCCCCCCC. The summed E-state index contributed by atoms with van der Waals surface area (Å²) < 4.78 is 23.7. The van der Waals surface area contributed by atoms with Gasteiger partial charge in [0.05, 0.1) is 39.9 Å². The van der Waals surface area contributed by atoms with Crippen LogP contribution in [0.5, 0.6) is 0 Å². The number of allylic oxidation sites excluding steroid dienone is 3. The van der Waals surface area contributed by atoms with Gasteiger partial charge in [0.15, 0.2) is 0 Å². The first kappa shape index (κ1) is 73.0. The fourth-order valence-corrected chi connectivity index (χ4v) is 10.8. The van der Waals surface area contributed by atoms with E-state index < -0.39 is 20.0 Å². The summed E-state index contributed by atoms with van der Waals surface area (Å²) in [5, 5.41) is 13.9. The lowest BCUT2D eigenvalue weighted by Gasteiger charge is -2.25. The van der Waals surface area contributed by atoms with E-state index in [4.69, 9.17) is 9.05 Å². The molecule has 3 unspecified atom stereocenters. The van der Waals surface area contributed by atoms with Gasteiger partial charge in [-0.3, -0.25) is 13.8 Å². The average molecular weight is 1070 g/mol. The number of aliphatic hydroxyl groups is 1. The maximum atomic E-state index is 13.0. The molecule has 0 saturated heterocycles. The maximum Gasteiger partial charge on any atom is 0.472 e. The molecule has 0 aromatic heterocycles. The molecule has 3 N–H and O–H groups in total. The minimum absolute atomic E-state index is 0.0644. The molecule has 74 heavy (non-hydrogen) atoms. The van der Waals surface area contributed by atoms with E-state index in [1.807, 2.05) is 27.2 Å². The maximum absolute atomic E-state index is 13.0. The number of rotatable bonds is 61. The first-order valence-corrected chi connectivity index (χ1v) is 34.2. The van der Waals surface area contributed by atoms with Gasteiger partial charge in [0.1, 0.15) is 13.2 Å². The highest BCUT2D eigenvalue weighted by Gasteiger charge is 2.28. The summed E-state index contributed by atoms with van der Waals surface area (Å²) in [6, 6.07) is -0.843. The van der Waals surface area contributed by atoms with E-state index in [1.165, 1.54) is 276 Å². The van der Waals surface area contributed by atoms with E-state index in [1.54, 1.807) is 6.08 Å². The number of likely N-dealkylation sites (N-methyl/N-ethyl adjacent to an activating group) is 1. The molecule has 0 saturated carbocycles. The van der Waals surface area contributed by atoms with Crippen molar-refractivity contribution < 1.29 is 32.9 Å². The summed E-state index contributed by atoms with van der Waals surface area (Å²) in [5.74, 6) is -0.170. The monoisotopic (exact) mass is 1070 g/mol. The van der Waals surface area contributed by atoms with Gasteiger partial charge in [0, 0.05) is 6.42 Å². The van der Waals surface area contributed by atoms with E-state index in [2.05, 4.69) is 31.3 Å². The molecular weight excluding hydrogens is 936 g/mol. The number of hydrogen-bond donors (Lipinski definition) is 3. The van der Waals surface area contributed by atoms with Crippen LogP contribution in [0.4, 0.5) is 0 Å².